The van der Waals surface area contributed by atoms with E-state index in [4.69, 9.17) is 0 Å². The zero-order chi connectivity index (χ0) is 13.1. The minimum Gasteiger partial charge on any atom is -0.306 e. The van der Waals surface area contributed by atoms with Crippen LogP contribution in [0.5, 0.6) is 0 Å². The van der Waals surface area contributed by atoms with E-state index in [0.717, 1.165) is 27.5 Å². The number of para-hydroxylation sites is 2. The zero-order valence-corrected chi connectivity index (χ0v) is 11.7. The molecule has 1 aromatic carbocycles. The van der Waals surface area contributed by atoms with Gasteiger partial charge in [0.2, 0.25) is 0 Å². The predicted molar refractivity (Wildman–Crippen MR) is 77.8 cm³/mol. The summed E-state index contributed by atoms with van der Waals surface area (Å²) in [6.07, 6.45) is 0.923. The van der Waals surface area contributed by atoms with Crippen LogP contribution < -0.4 is 5.69 Å². The van der Waals surface area contributed by atoms with E-state index >= 15 is 0 Å². The molecule has 7 heteroatoms. The lowest BCUT2D eigenvalue weighted by molar-refractivity contribution is 0.679. The van der Waals surface area contributed by atoms with Crippen molar-refractivity contribution in [3.8, 4) is 0 Å². The number of nitrogens with one attached hydrogen (secondary N) is 1. The third-order valence-corrected chi connectivity index (χ3v) is 4.72. The minimum atomic E-state index is -0.0397. The number of rotatable bonds is 5. The van der Waals surface area contributed by atoms with Crippen LogP contribution in [0.2, 0.25) is 0 Å². The van der Waals surface area contributed by atoms with Crippen molar-refractivity contribution in [3.05, 3.63) is 40.3 Å². The van der Waals surface area contributed by atoms with Gasteiger partial charge in [-0.15, -0.1) is 10.2 Å². The van der Waals surface area contributed by atoms with Gasteiger partial charge >= 0.3 is 5.69 Å². The van der Waals surface area contributed by atoms with Gasteiger partial charge < -0.3 is 4.98 Å². The number of hydrogen-bond donors (Lipinski definition) is 1. The van der Waals surface area contributed by atoms with Gasteiger partial charge in [-0.1, -0.05) is 35.2 Å². The van der Waals surface area contributed by atoms with Crippen LogP contribution in [0.4, 0.5) is 0 Å². The number of thioether (sulfide) groups is 1. The molecular formula is C12H12N4OS2. The van der Waals surface area contributed by atoms with Crippen molar-refractivity contribution in [2.24, 2.45) is 0 Å². The van der Waals surface area contributed by atoms with Crippen molar-refractivity contribution < 1.29 is 0 Å². The zero-order valence-electron chi connectivity index (χ0n) is 10.1. The van der Waals surface area contributed by atoms with Gasteiger partial charge in [-0.2, -0.15) is 0 Å². The molecular weight excluding hydrogens is 280 g/mol. The highest BCUT2D eigenvalue weighted by Gasteiger charge is 2.05. The average Bonchev–Trinajstić information content (AvgIpc) is 3.02. The number of aromatic nitrogens is 4. The molecule has 0 unspecified atom stereocenters. The van der Waals surface area contributed by atoms with Crippen molar-refractivity contribution in [3.63, 3.8) is 0 Å². The number of aromatic amines is 1. The summed E-state index contributed by atoms with van der Waals surface area (Å²) in [6, 6.07) is 7.75. The average molecular weight is 292 g/mol. The maximum absolute atomic E-state index is 11.8. The van der Waals surface area contributed by atoms with Crippen LogP contribution in [0.15, 0.2) is 38.9 Å². The molecule has 0 aliphatic carbocycles. The number of aryl methyl sites for hydroxylation is 1. The number of fused-ring (bicyclic) bond motifs is 1. The third-order valence-electron chi connectivity index (χ3n) is 2.77. The summed E-state index contributed by atoms with van der Waals surface area (Å²) >= 11 is 3.22. The highest BCUT2D eigenvalue weighted by Crippen LogP contribution is 2.20. The number of H-pyrrole nitrogens is 1. The molecule has 0 radical (unpaired) electrons. The summed E-state index contributed by atoms with van der Waals surface area (Å²) in [5, 5.41) is 7.77. The quantitative estimate of drug-likeness (QED) is 0.579. The Bertz CT molecular complexity index is 717. The molecule has 3 rings (SSSR count). The lowest BCUT2D eigenvalue weighted by Gasteiger charge is -2.02. The first-order valence-electron chi connectivity index (χ1n) is 5.91. The molecule has 0 amide bonds. The Balaban J connectivity index is 1.65. The fraction of sp³-hybridized carbons (Fsp3) is 0.250. The summed E-state index contributed by atoms with van der Waals surface area (Å²) in [6.45, 7) is 0.717. The second-order valence-corrected chi connectivity index (χ2v) is 6.18. The minimum absolute atomic E-state index is 0.0397. The Morgan fingerprint density at radius 3 is 3.11 bits per heavy atom. The summed E-state index contributed by atoms with van der Waals surface area (Å²) < 4.78 is 2.77. The molecule has 2 aromatic heterocycles. The van der Waals surface area contributed by atoms with Crippen molar-refractivity contribution in [2.45, 2.75) is 17.3 Å². The Morgan fingerprint density at radius 1 is 1.37 bits per heavy atom. The first-order valence-corrected chi connectivity index (χ1v) is 7.77. The van der Waals surface area contributed by atoms with E-state index in [1.165, 1.54) is 0 Å². The lowest BCUT2D eigenvalue weighted by atomic mass is 10.3. The van der Waals surface area contributed by atoms with E-state index < -0.39 is 0 Å². The standard InChI is InChI=1S/C12H12N4OS2/c17-11-14-9-4-1-2-5-10(9)16(11)6-3-7-18-12-15-13-8-19-12/h1-2,4-5,8H,3,6-7H2,(H,14,17). The third kappa shape index (κ3) is 2.71. The Morgan fingerprint density at radius 2 is 2.26 bits per heavy atom. The molecule has 0 bridgehead atoms. The monoisotopic (exact) mass is 292 g/mol. The van der Waals surface area contributed by atoms with Gasteiger partial charge in [-0.3, -0.25) is 4.57 Å². The summed E-state index contributed by atoms with van der Waals surface area (Å²) in [7, 11) is 0. The van der Waals surface area contributed by atoms with Gasteiger partial charge in [0.05, 0.1) is 11.0 Å². The summed E-state index contributed by atoms with van der Waals surface area (Å²) in [5.41, 5.74) is 3.55. The molecule has 19 heavy (non-hydrogen) atoms. The van der Waals surface area contributed by atoms with E-state index in [1.807, 2.05) is 24.3 Å². The van der Waals surface area contributed by atoms with Gasteiger partial charge in [0.25, 0.3) is 0 Å². The number of imidazole rings is 1. The molecule has 0 aliphatic heterocycles. The Labute approximate surface area is 117 Å². The topological polar surface area (TPSA) is 63.6 Å². The van der Waals surface area contributed by atoms with Crippen LogP contribution in [0, 0.1) is 0 Å². The normalized spacial score (nSPS) is 11.2. The molecule has 0 spiro atoms. The summed E-state index contributed by atoms with van der Waals surface area (Å²) in [4.78, 5) is 14.7. The Hall–Kier alpha value is -1.60. The van der Waals surface area contributed by atoms with Gasteiger partial charge in [-0.05, 0) is 18.6 Å². The lowest BCUT2D eigenvalue weighted by Crippen LogP contribution is -2.17. The second-order valence-electron chi connectivity index (χ2n) is 4.01. The number of nitrogens with zero attached hydrogens (tertiary/aromatic N) is 3. The van der Waals surface area contributed by atoms with Crippen LogP contribution in [-0.2, 0) is 6.54 Å². The van der Waals surface area contributed by atoms with Gasteiger partial charge in [0, 0.05) is 12.3 Å². The SMILES string of the molecule is O=c1[nH]c2ccccc2n1CCCSc1nncs1. The Kier molecular flexibility index (Phi) is 3.65. The molecule has 98 valence electrons. The van der Waals surface area contributed by atoms with Crippen LogP contribution in [0.25, 0.3) is 11.0 Å². The number of benzene rings is 1. The van der Waals surface area contributed by atoms with Crippen LogP contribution in [-0.4, -0.2) is 25.5 Å². The van der Waals surface area contributed by atoms with E-state index in [-0.39, 0.29) is 5.69 Å². The highest BCUT2D eigenvalue weighted by molar-refractivity contribution is 8.00. The van der Waals surface area contributed by atoms with Gasteiger partial charge in [-0.25, -0.2) is 4.79 Å². The van der Waals surface area contributed by atoms with E-state index in [0.29, 0.717) is 6.54 Å². The summed E-state index contributed by atoms with van der Waals surface area (Å²) in [5.74, 6) is 0.932. The van der Waals surface area contributed by atoms with E-state index in [9.17, 15) is 4.79 Å². The largest absolute Gasteiger partial charge is 0.326 e. The fourth-order valence-electron chi connectivity index (χ4n) is 1.94. The molecule has 1 N–H and O–H groups in total. The van der Waals surface area contributed by atoms with Crippen molar-refractivity contribution >= 4 is 34.1 Å². The maximum Gasteiger partial charge on any atom is 0.326 e. The van der Waals surface area contributed by atoms with Crippen LogP contribution in [0.1, 0.15) is 6.42 Å². The van der Waals surface area contributed by atoms with Crippen LogP contribution in [0.3, 0.4) is 0 Å². The van der Waals surface area contributed by atoms with Crippen molar-refractivity contribution in [1.29, 1.82) is 0 Å². The van der Waals surface area contributed by atoms with E-state index in [1.54, 1.807) is 33.2 Å². The van der Waals surface area contributed by atoms with Gasteiger partial charge in [0.15, 0.2) is 4.34 Å². The molecule has 0 saturated carbocycles. The molecule has 2 heterocycles. The van der Waals surface area contributed by atoms with Crippen molar-refractivity contribution in [1.82, 2.24) is 19.7 Å². The van der Waals surface area contributed by atoms with Gasteiger partial charge in [0.1, 0.15) is 5.51 Å². The first kappa shape index (κ1) is 12.4. The maximum atomic E-state index is 11.8. The molecule has 0 fully saturated rings. The molecule has 3 aromatic rings. The molecule has 0 saturated heterocycles. The smallest absolute Gasteiger partial charge is 0.306 e. The number of hydrogen-bond acceptors (Lipinski definition) is 5. The van der Waals surface area contributed by atoms with Crippen molar-refractivity contribution in [2.75, 3.05) is 5.75 Å². The second kappa shape index (κ2) is 5.58. The highest BCUT2D eigenvalue weighted by atomic mass is 32.2. The first-order chi connectivity index (χ1) is 9.34. The van der Waals surface area contributed by atoms with Crippen LogP contribution >= 0.6 is 23.1 Å². The van der Waals surface area contributed by atoms with E-state index in [2.05, 4.69) is 15.2 Å². The molecule has 0 aliphatic rings. The predicted octanol–water partition coefficient (Wildman–Crippen LogP) is 2.36. The molecule has 5 nitrogen and oxygen atoms in total. The fourth-order valence-corrected chi connectivity index (χ4v) is 3.42. The molecule has 0 atom stereocenters.